The normalized spacial score (nSPS) is 13.2. The van der Waals surface area contributed by atoms with E-state index >= 15 is 0 Å². The van der Waals surface area contributed by atoms with Crippen LogP contribution in [0.4, 0.5) is 0 Å². The van der Waals surface area contributed by atoms with Crippen molar-refractivity contribution in [3.8, 4) is 0 Å². The van der Waals surface area contributed by atoms with Crippen molar-refractivity contribution in [2.45, 2.75) is 38.7 Å². The third-order valence-electron chi connectivity index (χ3n) is 1.74. The summed E-state index contributed by atoms with van der Waals surface area (Å²) in [6, 6.07) is 0. The minimum absolute atomic E-state index is 0.120. The molecule has 0 amide bonds. The van der Waals surface area contributed by atoms with E-state index in [0.29, 0.717) is 6.42 Å². The van der Waals surface area contributed by atoms with Crippen molar-refractivity contribution >= 4 is 0 Å². The second-order valence-electron chi connectivity index (χ2n) is 2.88. The maximum atomic E-state index is 8.98. The van der Waals surface area contributed by atoms with Crippen LogP contribution in [0, 0.1) is 0 Å². The molecule has 2 N–H and O–H groups in total. The Hall–Kier alpha value is -0.120. The zero-order valence-corrected chi connectivity index (χ0v) is 7.83. The van der Waals surface area contributed by atoms with E-state index in [1.54, 1.807) is 0 Å². The van der Waals surface area contributed by atoms with Gasteiger partial charge in [-0.2, -0.15) is 0 Å². The van der Waals surface area contributed by atoms with Gasteiger partial charge in [0.25, 0.3) is 0 Å². The van der Waals surface area contributed by atoms with Gasteiger partial charge in [-0.1, -0.05) is 12.8 Å². The molecule has 0 aromatic carbocycles. The highest BCUT2D eigenvalue weighted by Gasteiger charge is 2.00. The standard InChI is InChI=1S/C9H20O3/c1-2-12-7-5-3-4-6-9(11)8-10/h9-11H,2-8H2,1H3. The van der Waals surface area contributed by atoms with Crippen molar-refractivity contribution in [3.05, 3.63) is 0 Å². The summed E-state index contributed by atoms with van der Waals surface area (Å²) in [6.07, 6.45) is 3.25. The Morgan fingerprint density at radius 2 is 2.00 bits per heavy atom. The van der Waals surface area contributed by atoms with Crippen LogP contribution >= 0.6 is 0 Å². The first-order valence-corrected chi connectivity index (χ1v) is 4.68. The van der Waals surface area contributed by atoms with Crippen molar-refractivity contribution in [1.82, 2.24) is 0 Å². The average Bonchev–Trinajstić information content (AvgIpc) is 2.10. The van der Waals surface area contributed by atoms with Crippen molar-refractivity contribution in [2.24, 2.45) is 0 Å². The van der Waals surface area contributed by atoms with Crippen molar-refractivity contribution in [1.29, 1.82) is 0 Å². The van der Waals surface area contributed by atoms with Crippen LogP contribution in [0.25, 0.3) is 0 Å². The second kappa shape index (κ2) is 8.97. The Bertz CT molecular complexity index is 85.8. The lowest BCUT2D eigenvalue weighted by molar-refractivity contribution is 0.0846. The van der Waals surface area contributed by atoms with Gasteiger partial charge in [0.05, 0.1) is 12.7 Å². The first-order chi connectivity index (χ1) is 5.81. The summed E-state index contributed by atoms with van der Waals surface area (Å²) in [5.41, 5.74) is 0. The molecule has 0 spiro atoms. The molecule has 0 rings (SSSR count). The highest BCUT2D eigenvalue weighted by atomic mass is 16.5. The molecule has 0 saturated heterocycles. The number of aliphatic hydroxyl groups is 2. The fraction of sp³-hybridized carbons (Fsp3) is 1.00. The Morgan fingerprint density at radius 3 is 2.58 bits per heavy atom. The summed E-state index contributed by atoms with van der Waals surface area (Å²) in [4.78, 5) is 0. The van der Waals surface area contributed by atoms with E-state index in [0.717, 1.165) is 32.5 Å². The molecule has 0 radical (unpaired) electrons. The Balaban J connectivity index is 2.90. The van der Waals surface area contributed by atoms with Crippen molar-refractivity contribution < 1.29 is 14.9 Å². The van der Waals surface area contributed by atoms with E-state index in [1.807, 2.05) is 6.92 Å². The number of hydrogen-bond acceptors (Lipinski definition) is 3. The van der Waals surface area contributed by atoms with Gasteiger partial charge in [0, 0.05) is 13.2 Å². The van der Waals surface area contributed by atoms with Crippen LogP contribution in [0.2, 0.25) is 0 Å². The van der Waals surface area contributed by atoms with E-state index in [9.17, 15) is 0 Å². The second-order valence-corrected chi connectivity index (χ2v) is 2.88. The third-order valence-corrected chi connectivity index (χ3v) is 1.74. The molecule has 0 fully saturated rings. The molecule has 74 valence electrons. The van der Waals surface area contributed by atoms with Gasteiger partial charge >= 0.3 is 0 Å². The summed E-state index contributed by atoms with van der Waals surface area (Å²) in [7, 11) is 0. The molecule has 0 aromatic rings. The van der Waals surface area contributed by atoms with Gasteiger partial charge in [-0.25, -0.2) is 0 Å². The van der Waals surface area contributed by atoms with E-state index in [2.05, 4.69) is 0 Å². The highest BCUT2D eigenvalue weighted by molar-refractivity contribution is 4.52. The molecule has 3 heteroatoms. The number of unbranched alkanes of at least 4 members (excludes halogenated alkanes) is 2. The van der Waals surface area contributed by atoms with Gasteiger partial charge < -0.3 is 14.9 Å². The molecule has 1 unspecified atom stereocenters. The van der Waals surface area contributed by atoms with Crippen LogP contribution in [0.1, 0.15) is 32.6 Å². The lowest BCUT2D eigenvalue weighted by Gasteiger charge is -2.05. The number of hydrogen-bond donors (Lipinski definition) is 2. The predicted molar refractivity (Wildman–Crippen MR) is 48.1 cm³/mol. The van der Waals surface area contributed by atoms with Gasteiger partial charge in [0.1, 0.15) is 0 Å². The molecule has 1 atom stereocenters. The summed E-state index contributed by atoms with van der Waals surface area (Å²) in [6.45, 7) is 3.45. The molecule has 0 aliphatic carbocycles. The summed E-state index contributed by atoms with van der Waals surface area (Å²) >= 11 is 0. The Labute approximate surface area is 74.4 Å². The molecular weight excluding hydrogens is 156 g/mol. The van der Waals surface area contributed by atoms with E-state index in [4.69, 9.17) is 14.9 Å². The monoisotopic (exact) mass is 176 g/mol. The zero-order valence-electron chi connectivity index (χ0n) is 7.83. The Kier molecular flexibility index (Phi) is 8.88. The van der Waals surface area contributed by atoms with Crippen LogP contribution in [0.5, 0.6) is 0 Å². The number of rotatable bonds is 8. The van der Waals surface area contributed by atoms with E-state index in [-0.39, 0.29) is 6.61 Å². The molecule has 0 aliphatic heterocycles. The maximum absolute atomic E-state index is 8.98. The van der Waals surface area contributed by atoms with E-state index in [1.165, 1.54) is 0 Å². The van der Waals surface area contributed by atoms with Gasteiger partial charge in [-0.05, 0) is 19.8 Å². The first-order valence-electron chi connectivity index (χ1n) is 4.68. The molecule has 0 aliphatic rings. The summed E-state index contributed by atoms with van der Waals surface area (Å²) < 4.78 is 5.15. The molecule has 12 heavy (non-hydrogen) atoms. The molecule has 3 nitrogen and oxygen atoms in total. The van der Waals surface area contributed by atoms with Gasteiger partial charge in [0.15, 0.2) is 0 Å². The van der Waals surface area contributed by atoms with Crippen LogP contribution in [0.3, 0.4) is 0 Å². The van der Waals surface area contributed by atoms with Crippen molar-refractivity contribution in [2.75, 3.05) is 19.8 Å². The molecule has 0 aromatic heterocycles. The quantitative estimate of drug-likeness (QED) is 0.541. The largest absolute Gasteiger partial charge is 0.394 e. The van der Waals surface area contributed by atoms with Gasteiger partial charge in [-0.15, -0.1) is 0 Å². The first kappa shape index (κ1) is 11.9. The lowest BCUT2D eigenvalue weighted by atomic mass is 10.1. The topological polar surface area (TPSA) is 49.7 Å². The van der Waals surface area contributed by atoms with Crippen LogP contribution in [0.15, 0.2) is 0 Å². The molecule has 0 heterocycles. The molecule has 0 bridgehead atoms. The van der Waals surface area contributed by atoms with Gasteiger partial charge in [-0.3, -0.25) is 0 Å². The van der Waals surface area contributed by atoms with Crippen molar-refractivity contribution in [3.63, 3.8) is 0 Å². The number of aliphatic hydroxyl groups excluding tert-OH is 2. The summed E-state index contributed by atoms with van der Waals surface area (Å²) in [5, 5.41) is 17.5. The maximum Gasteiger partial charge on any atom is 0.0770 e. The Morgan fingerprint density at radius 1 is 1.25 bits per heavy atom. The minimum atomic E-state index is -0.530. The van der Waals surface area contributed by atoms with E-state index < -0.39 is 6.10 Å². The summed E-state index contributed by atoms with van der Waals surface area (Å²) in [5.74, 6) is 0. The van der Waals surface area contributed by atoms with Gasteiger partial charge in [0.2, 0.25) is 0 Å². The lowest BCUT2D eigenvalue weighted by Crippen LogP contribution is -2.11. The highest BCUT2D eigenvalue weighted by Crippen LogP contribution is 2.03. The molecular formula is C9H20O3. The fourth-order valence-corrected chi connectivity index (χ4v) is 0.996. The zero-order chi connectivity index (χ0) is 9.23. The third kappa shape index (κ3) is 7.98. The van der Waals surface area contributed by atoms with Crippen LogP contribution < -0.4 is 0 Å². The van der Waals surface area contributed by atoms with Crippen LogP contribution in [-0.4, -0.2) is 36.1 Å². The fourth-order valence-electron chi connectivity index (χ4n) is 0.996. The number of ether oxygens (including phenoxy) is 1. The molecule has 0 saturated carbocycles. The smallest absolute Gasteiger partial charge is 0.0770 e. The average molecular weight is 176 g/mol. The SMILES string of the molecule is CCOCCCCCC(O)CO. The predicted octanol–water partition coefficient (Wildman–Crippen LogP) is 0.936. The minimum Gasteiger partial charge on any atom is -0.394 e. The van der Waals surface area contributed by atoms with Crippen LogP contribution in [-0.2, 0) is 4.74 Å².